The zero-order valence-electron chi connectivity index (χ0n) is 8.85. The first-order valence-electron chi connectivity index (χ1n) is 5.15. The monoisotopic (exact) mass is 350 g/mol. The molecular weight excluding hydrogens is 341 g/mol. The first-order valence-corrected chi connectivity index (χ1v) is 7.04. The summed E-state index contributed by atoms with van der Waals surface area (Å²) in [4.78, 5) is 4.63. The van der Waals surface area contributed by atoms with Crippen LogP contribution in [0, 0.1) is 3.57 Å². The number of thiazole rings is 1. The van der Waals surface area contributed by atoms with E-state index in [9.17, 15) is 0 Å². The summed E-state index contributed by atoms with van der Waals surface area (Å²) < 4.78 is 2.29. The second kappa shape index (κ2) is 4.27. The number of nitrogens with zero attached hydrogens (tertiary/aromatic N) is 1. The normalized spacial score (nSPS) is 10.9. The van der Waals surface area contributed by atoms with Gasteiger partial charge < -0.3 is 5.73 Å². The molecule has 84 valence electrons. The van der Waals surface area contributed by atoms with Gasteiger partial charge in [-0.05, 0) is 52.9 Å². The Hall–Kier alpha value is -1.14. The molecule has 4 heteroatoms. The van der Waals surface area contributed by atoms with E-state index >= 15 is 0 Å². The lowest BCUT2D eigenvalue weighted by Crippen LogP contribution is -1.88. The number of nitrogen functional groups attached to an aromatic ring is 1. The molecule has 0 unspecified atom stereocenters. The van der Waals surface area contributed by atoms with Crippen molar-refractivity contribution in [2.24, 2.45) is 0 Å². The van der Waals surface area contributed by atoms with E-state index in [0.29, 0.717) is 0 Å². The summed E-state index contributed by atoms with van der Waals surface area (Å²) >= 11 is 3.96. The van der Waals surface area contributed by atoms with E-state index in [-0.39, 0.29) is 0 Å². The molecule has 0 radical (unpaired) electrons. The molecule has 0 saturated carbocycles. The first kappa shape index (κ1) is 11.0. The number of aromatic nitrogens is 1. The molecule has 2 aromatic carbocycles. The van der Waals surface area contributed by atoms with Crippen LogP contribution in [0.2, 0.25) is 0 Å². The Labute approximate surface area is 117 Å². The minimum atomic E-state index is 0.815. The Morgan fingerprint density at radius 1 is 1.12 bits per heavy atom. The van der Waals surface area contributed by atoms with Gasteiger partial charge in [-0.25, -0.2) is 4.98 Å². The van der Waals surface area contributed by atoms with Gasteiger partial charge in [0.25, 0.3) is 0 Å². The number of hydrogen-bond donors (Lipinski definition) is 1. The highest BCUT2D eigenvalue weighted by Gasteiger charge is 2.06. The zero-order valence-corrected chi connectivity index (χ0v) is 11.8. The highest BCUT2D eigenvalue weighted by molar-refractivity contribution is 14.1. The quantitative estimate of drug-likeness (QED) is 0.529. The Morgan fingerprint density at radius 3 is 2.71 bits per heavy atom. The average Bonchev–Trinajstić information content (AvgIpc) is 2.76. The second-order valence-corrected chi connectivity index (χ2v) is 5.92. The third kappa shape index (κ3) is 2.02. The van der Waals surface area contributed by atoms with Gasteiger partial charge in [-0.1, -0.05) is 12.1 Å². The number of para-hydroxylation sites is 1. The number of benzene rings is 2. The summed E-state index contributed by atoms with van der Waals surface area (Å²) in [6.07, 6.45) is 0. The summed E-state index contributed by atoms with van der Waals surface area (Å²) in [5, 5.41) is 1.05. The van der Waals surface area contributed by atoms with E-state index in [1.54, 1.807) is 11.3 Å². The van der Waals surface area contributed by atoms with Crippen LogP contribution >= 0.6 is 33.9 Å². The summed E-state index contributed by atoms with van der Waals surface area (Å²) in [5.41, 5.74) is 8.82. The number of hydrogen-bond acceptors (Lipinski definition) is 3. The lowest BCUT2D eigenvalue weighted by Gasteiger charge is -2.00. The van der Waals surface area contributed by atoms with Crippen molar-refractivity contribution in [3.63, 3.8) is 0 Å². The van der Waals surface area contributed by atoms with Crippen LogP contribution in [0.3, 0.4) is 0 Å². The maximum atomic E-state index is 5.82. The highest BCUT2D eigenvalue weighted by atomic mass is 125. The minimum Gasteiger partial charge on any atom is -0.398 e. The van der Waals surface area contributed by atoms with Crippen LogP contribution in [-0.2, 0) is 0 Å². The van der Waals surface area contributed by atoms with Crippen LogP contribution in [0.5, 0.6) is 0 Å². The van der Waals surface area contributed by atoms with Gasteiger partial charge in [-0.2, -0.15) is 0 Å². The molecule has 0 aliphatic heterocycles. The van der Waals surface area contributed by atoms with Crippen LogP contribution in [0.4, 0.5) is 5.69 Å². The Kier molecular flexibility index (Phi) is 2.76. The second-order valence-electron chi connectivity index (χ2n) is 3.72. The van der Waals surface area contributed by atoms with E-state index in [1.807, 2.05) is 30.3 Å². The van der Waals surface area contributed by atoms with Crippen molar-refractivity contribution in [2.75, 3.05) is 5.73 Å². The van der Waals surface area contributed by atoms with Gasteiger partial charge in [0.05, 0.1) is 10.2 Å². The Morgan fingerprint density at radius 2 is 1.94 bits per heavy atom. The lowest BCUT2D eigenvalue weighted by atomic mass is 10.2. The molecule has 2 nitrogen and oxygen atoms in total. The fourth-order valence-corrected chi connectivity index (χ4v) is 3.13. The van der Waals surface area contributed by atoms with Gasteiger partial charge >= 0.3 is 0 Å². The van der Waals surface area contributed by atoms with Gasteiger partial charge in [0.2, 0.25) is 0 Å². The van der Waals surface area contributed by atoms with Crippen molar-refractivity contribution in [1.29, 1.82) is 0 Å². The molecule has 0 bridgehead atoms. The Balaban J connectivity index is 2.17. The summed E-state index contributed by atoms with van der Waals surface area (Å²) in [5.74, 6) is 0. The fourth-order valence-electron chi connectivity index (χ4n) is 1.66. The van der Waals surface area contributed by atoms with Crippen LogP contribution in [0.25, 0.3) is 20.8 Å². The molecule has 17 heavy (non-hydrogen) atoms. The number of rotatable bonds is 1. The Bertz CT molecular complexity index is 658. The molecule has 3 aromatic rings. The summed E-state index contributed by atoms with van der Waals surface area (Å²) in [6.45, 7) is 0. The molecule has 0 saturated heterocycles. The van der Waals surface area contributed by atoms with Crippen LogP contribution < -0.4 is 5.73 Å². The number of halogens is 1. The standard InChI is InChI=1S/C13H9IN2S/c14-9-7-8(5-6-10(9)15)13-16-11-3-1-2-4-12(11)17-13/h1-7H,15H2/i14-2. The van der Waals surface area contributed by atoms with Gasteiger partial charge in [0.1, 0.15) is 5.01 Å². The van der Waals surface area contributed by atoms with Crippen LogP contribution in [0.15, 0.2) is 42.5 Å². The van der Waals surface area contributed by atoms with Crippen molar-refractivity contribution in [3.05, 3.63) is 46.0 Å². The van der Waals surface area contributed by atoms with Gasteiger partial charge in [0.15, 0.2) is 0 Å². The molecule has 0 spiro atoms. The molecule has 0 aliphatic rings. The van der Waals surface area contributed by atoms with Crippen molar-refractivity contribution in [2.45, 2.75) is 0 Å². The molecular formula is C13H9IN2S. The van der Waals surface area contributed by atoms with Crippen LogP contribution in [-0.4, -0.2) is 4.98 Å². The molecule has 0 amide bonds. The maximum absolute atomic E-state index is 5.82. The third-order valence-electron chi connectivity index (χ3n) is 2.54. The number of fused-ring (bicyclic) bond motifs is 1. The summed E-state index contributed by atoms with van der Waals surface area (Å²) in [6, 6.07) is 14.2. The molecule has 1 aromatic heterocycles. The predicted molar refractivity (Wildman–Crippen MR) is 82.2 cm³/mol. The first-order chi connectivity index (χ1) is 8.24. The molecule has 3 rings (SSSR count). The van der Waals surface area contributed by atoms with E-state index in [0.717, 1.165) is 25.3 Å². The fraction of sp³-hybridized carbons (Fsp3) is 0. The molecule has 0 aliphatic carbocycles. The molecule has 2 N–H and O–H groups in total. The van der Waals surface area contributed by atoms with Crippen LogP contribution in [0.1, 0.15) is 0 Å². The topological polar surface area (TPSA) is 38.9 Å². The third-order valence-corrected chi connectivity index (χ3v) is 4.56. The van der Waals surface area contributed by atoms with Crippen molar-refractivity contribution in [3.8, 4) is 10.6 Å². The van der Waals surface area contributed by atoms with E-state index < -0.39 is 0 Å². The predicted octanol–water partition coefficient (Wildman–Crippen LogP) is 4.15. The molecule has 1 heterocycles. The smallest absolute Gasteiger partial charge is 0.124 e. The van der Waals surface area contributed by atoms with Crippen molar-refractivity contribution < 1.29 is 0 Å². The van der Waals surface area contributed by atoms with E-state index in [2.05, 4.69) is 39.7 Å². The number of anilines is 1. The van der Waals surface area contributed by atoms with Crippen molar-refractivity contribution in [1.82, 2.24) is 4.98 Å². The van der Waals surface area contributed by atoms with Gasteiger partial charge in [-0.3, -0.25) is 0 Å². The van der Waals surface area contributed by atoms with Crippen molar-refractivity contribution >= 4 is 49.8 Å². The largest absolute Gasteiger partial charge is 0.398 e. The van der Waals surface area contributed by atoms with E-state index in [4.69, 9.17) is 5.73 Å². The number of nitrogens with two attached hydrogens (primary N) is 1. The lowest BCUT2D eigenvalue weighted by molar-refractivity contribution is 1.47. The molecule has 0 fully saturated rings. The maximum Gasteiger partial charge on any atom is 0.124 e. The average molecular weight is 350 g/mol. The van der Waals surface area contributed by atoms with E-state index in [1.165, 1.54) is 4.70 Å². The minimum absolute atomic E-state index is 0.815. The molecule has 0 atom stereocenters. The van der Waals surface area contributed by atoms with Gasteiger partial charge in [0, 0.05) is 14.8 Å². The highest BCUT2D eigenvalue weighted by Crippen LogP contribution is 2.31. The summed E-state index contributed by atoms with van der Waals surface area (Å²) in [7, 11) is 0. The van der Waals surface area contributed by atoms with Gasteiger partial charge in [-0.15, -0.1) is 11.3 Å². The zero-order chi connectivity index (χ0) is 11.8. The SMILES string of the molecule is Nc1ccc(-c2nc3ccccc3s2)cc1[125I].